The second-order valence-electron chi connectivity index (χ2n) is 6.10. The van der Waals surface area contributed by atoms with Crippen molar-refractivity contribution in [2.24, 2.45) is 0 Å². The molecule has 0 heterocycles. The summed E-state index contributed by atoms with van der Waals surface area (Å²) in [5.74, 6) is -0.574. The number of esters is 1. The van der Waals surface area contributed by atoms with Crippen LogP contribution in [0.4, 0.5) is 0 Å². The first-order valence-electron chi connectivity index (χ1n) is 8.41. The molecule has 0 aromatic heterocycles. The zero-order valence-corrected chi connectivity index (χ0v) is 14.8. The van der Waals surface area contributed by atoms with E-state index in [2.05, 4.69) is 15.0 Å². The first kappa shape index (κ1) is 18.7. The zero-order chi connectivity index (χ0) is 17.4. The molecule has 1 fully saturated rings. The van der Waals surface area contributed by atoms with E-state index in [4.69, 9.17) is 11.6 Å². The molecule has 0 radical (unpaired) electrons. The second kappa shape index (κ2) is 9.64. The maximum Gasteiger partial charge on any atom is 0.325 e. The van der Waals surface area contributed by atoms with Gasteiger partial charge in [0.25, 0.3) is 0 Å². The van der Waals surface area contributed by atoms with E-state index >= 15 is 0 Å². The van der Waals surface area contributed by atoms with Crippen LogP contribution in [0.5, 0.6) is 0 Å². The van der Waals surface area contributed by atoms with Gasteiger partial charge in [0, 0.05) is 30.6 Å². The molecule has 0 spiro atoms. The highest BCUT2D eigenvalue weighted by molar-refractivity contribution is 6.31. The Morgan fingerprint density at radius 1 is 1.29 bits per heavy atom. The van der Waals surface area contributed by atoms with E-state index in [1.54, 1.807) is 0 Å². The molecule has 1 aliphatic carbocycles. The lowest BCUT2D eigenvalue weighted by atomic mass is 10.1. The van der Waals surface area contributed by atoms with Crippen LogP contribution >= 0.6 is 11.6 Å². The van der Waals surface area contributed by atoms with E-state index in [0.29, 0.717) is 19.0 Å². The Morgan fingerprint density at radius 3 is 2.67 bits per heavy atom. The number of hydrogen-bond acceptors (Lipinski definition) is 4. The van der Waals surface area contributed by atoms with Gasteiger partial charge in [0.15, 0.2) is 0 Å². The van der Waals surface area contributed by atoms with E-state index < -0.39 is 5.97 Å². The predicted molar refractivity (Wildman–Crippen MR) is 93.8 cm³/mol. The van der Waals surface area contributed by atoms with Crippen LogP contribution in [0, 0.1) is 0 Å². The lowest BCUT2D eigenvalue weighted by Crippen LogP contribution is -2.37. The van der Waals surface area contributed by atoms with Gasteiger partial charge in [-0.1, -0.05) is 42.6 Å². The fourth-order valence-electron chi connectivity index (χ4n) is 3.08. The van der Waals surface area contributed by atoms with Crippen LogP contribution in [0.25, 0.3) is 0 Å². The number of methoxy groups -OCH3 is 1. The molecule has 132 valence electrons. The minimum atomic E-state index is -0.438. The van der Waals surface area contributed by atoms with Gasteiger partial charge in [-0.05, 0) is 24.5 Å². The van der Waals surface area contributed by atoms with Gasteiger partial charge in [-0.15, -0.1) is 0 Å². The predicted octanol–water partition coefficient (Wildman–Crippen LogP) is 2.76. The third-order valence-electron chi connectivity index (χ3n) is 4.46. The normalized spacial score (nSPS) is 14.8. The van der Waals surface area contributed by atoms with Crippen molar-refractivity contribution in [2.75, 3.05) is 20.2 Å². The Hall–Kier alpha value is -1.59. The molecular weight excluding hydrogens is 328 g/mol. The van der Waals surface area contributed by atoms with Crippen LogP contribution in [0.2, 0.25) is 5.02 Å². The number of rotatable bonds is 8. The van der Waals surface area contributed by atoms with Gasteiger partial charge < -0.3 is 10.1 Å². The summed E-state index contributed by atoms with van der Waals surface area (Å²) >= 11 is 6.28. The third-order valence-corrected chi connectivity index (χ3v) is 4.82. The van der Waals surface area contributed by atoms with Crippen LogP contribution in [0.3, 0.4) is 0 Å². The smallest absolute Gasteiger partial charge is 0.325 e. The van der Waals surface area contributed by atoms with Crippen molar-refractivity contribution in [3.05, 3.63) is 34.9 Å². The molecule has 0 aliphatic heterocycles. The molecule has 0 atom stereocenters. The number of amides is 1. The molecule has 5 nitrogen and oxygen atoms in total. The van der Waals surface area contributed by atoms with Gasteiger partial charge in [-0.3, -0.25) is 14.5 Å². The fourth-order valence-corrected chi connectivity index (χ4v) is 3.28. The summed E-state index contributed by atoms with van der Waals surface area (Å²) in [4.78, 5) is 25.3. The highest BCUT2D eigenvalue weighted by Gasteiger charge is 2.23. The SMILES string of the molecule is COC(=O)CNC(=O)CCN(Cc1ccccc1Cl)C1CCCC1. The molecule has 0 saturated heterocycles. The largest absolute Gasteiger partial charge is 0.468 e. The number of carbonyl (C=O) groups excluding carboxylic acids is 2. The first-order valence-corrected chi connectivity index (χ1v) is 8.79. The van der Waals surface area contributed by atoms with Crippen LogP contribution in [0.1, 0.15) is 37.7 Å². The topological polar surface area (TPSA) is 58.6 Å². The van der Waals surface area contributed by atoms with Crippen molar-refractivity contribution in [3.8, 4) is 0 Å². The minimum absolute atomic E-state index is 0.0801. The van der Waals surface area contributed by atoms with Crippen molar-refractivity contribution in [2.45, 2.75) is 44.7 Å². The number of carbonyl (C=O) groups is 2. The maximum atomic E-state index is 11.9. The van der Waals surface area contributed by atoms with Gasteiger partial charge in [-0.2, -0.15) is 0 Å². The summed E-state index contributed by atoms with van der Waals surface area (Å²) in [6.45, 7) is 1.32. The number of halogens is 1. The number of nitrogens with one attached hydrogen (secondary N) is 1. The first-order chi connectivity index (χ1) is 11.6. The second-order valence-corrected chi connectivity index (χ2v) is 6.51. The summed E-state index contributed by atoms with van der Waals surface area (Å²) in [7, 11) is 1.31. The Morgan fingerprint density at radius 2 is 2.00 bits per heavy atom. The lowest BCUT2D eigenvalue weighted by molar-refractivity contribution is -0.141. The monoisotopic (exact) mass is 352 g/mol. The van der Waals surface area contributed by atoms with Gasteiger partial charge in [0.2, 0.25) is 5.91 Å². The van der Waals surface area contributed by atoms with Crippen LogP contribution < -0.4 is 5.32 Å². The van der Waals surface area contributed by atoms with Gasteiger partial charge in [0.05, 0.1) is 7.11 Å². The molecule has 0 unspecified atom stereocenters. The molecule has 1 saturated carbocycles. The van der Waals surface area contributed by atoms with Crippen LogP contribution in [-0.4, -0.2) is 43.0 Å². The summed E-state index contributed by atoms with van der Waals surface area (Å²) in [6.07, 6.45) is 5.15. The Labute approximate surface area is 148 Å². The highest BCUT2D eigenvalue weighted by Crippen LogP contribution is 2.26. The average molecular weight is 353 g/mol. The Bertz CT molecular complexity index is 559. The van der Waals surface area contributed by atoms with E-state index in [1.165, 1.54) is 20.0 Å². The standard InChI is InChI=1S/C18H25ClN2O3/c1-24-18(23)12-20-17(22)10-11-21(15-7-3-4-8-15)13-14-6-2-5-9-16(14)19/h2,5-6,9,15H,3-4,7-8,10-13H2,1H3,(H,20,22). The van der Waals surface area contributed by atoms with Crippen molar-refractivity contribution in [1.29, 1.82) is 0 Å². The van der Waals surface area contributed by atoms with Crippen LogP contribution in [-0.2, 0) is 20.9 Å². The summed E-state index contributed by atoms with van der Waals surface area (Å²) in [6, 6.07) is 8.33. The maximum absolute atomic E-state index is 11.9. The van der Waals surface area contributed by atoms with Crippen molar-refractivity contribution < 1.29 is 14.3 Å². The van der Waals surface area contributed by atoms with E-state index in [-0.39, 0.29) is 12.5 Å². The molecule has 1 aromatic rings. The molecule has 24 heavy (non-hydrogen) atoms. The molecule has 2 rings (SSSR count). The van der Waals surface area contributed by atoms with Crippen LogP contribution in [0.15, 0.2) is 24.3 Å². The highest BCUT2D eigenvalue weighted by atomic mass is 35.5. The zero-order valence-electron chi connectivity index (χ0n) is 14.1. The number of nitrogens with zero attached hydrogens (tertiary/aromatic N) is 1. The number of ether oxygens (including phenoxy) is 1. The number of benzene rings is 1. The van der Waals surface area contributed by atoms with Gasteiger partial charge in [-0.25, -0.2) is 0 Å². The Kier molecular flexibility index (Phi) is 7.53. The van der Waals surface area contributed by atoms with Gasteiger partial charge >= 0.3 is 5.97 Å². The van der Waals surface area contributed by atoms with E-state index in [9.17, 15) is 9.59 Å². The molecule has 1 aliphatic rings. The Balaban J connectivity index is 1.90. The van der Waals surface area contributed by atoms with Gasteiger partial charge in [0.1, 0.15) is 6.54 Å². The van der Waals surface area contributed by atoms with Crippen molar-refractivity contribution in [3.63, 3.8) is 0 Å². The van der Waals surface area contributed by atoms with E-state index in [1.807, 2.05) is 24.3 Å². The van der Waals surface area contributed by atoms with Crippen molar-refractivity contribution >= 4 is 23.5 Å². The lowest BCUT2D eigenvalue weighted by Gasteiger charge is -2.29. The minimum Gasteiger partial charge on any atom is -0.468 e. The third kappa shape index (κ3) is 5.80. The van der Waals surface area contributed by atoms with Crippen molar-refractivity contribution in [1.82, 2.24) is 10.2 Å². The molecule has 1 N–H and O–H groups in total. The molecular formula is C18H25ClN2O3. The molecule has 0 bridgehead atoms. The quantitative estimate of drug-likeness (QED) is 0.731. The molecule has 1 aromatic carbocycles. The van der Waals surface area contributed by atoms with E-state index in [0.717, 1.165) is 30.0 Å². The fraction of sp³-hybridized carbons (Fsp3) is 0.556. The number of hydrogen-bond donors (Lipinski definition) is 1. The average Bonchev–Trinajstić information content (AvgIpc) is 3.12. The summed E-state index contributed by atoms with van der Waals surface area (Å²) < 4.78 is 4.52. The summed E-state index contributed by atoms with van der Waals surface area (Å²) in [5.41, 5.74) is 1.08. The molecule has 6 heteroatoms. The summed E-state index contributed by atoms with van der Waals surface area (Å²) in [5, 5.41) is 3.35. The molecule has 1 amide bonds.